The molecule has 2 nitrogen and oxygen atoms in total. The van der Waals surface area contributed by atoms with Gasteiger partial charge in [-0.1, -0.05) is 48.6 Å². The molecule has 1 aromatic heterocycles. The van der Waals surface area contributed by atoms with Gasteiger partial charge in [0.25, 0.3) is 0 Å². The second kappa shape index (κ2) is 5.90. The van der Waals surface area contributed by atoms with E-state index in [4.69, 9.17) is 12.2 Å². The molecule has 1 saturated heterocycles. The van der Waals surface area contributed by atoms with E-state index in [2.05, 4.69) is 53.2 Å². The average Bonchev–Trinajstić information content (AvgIpc) is 2.88. The van der Waals surface area contributed by atoms with Crippen molar-refractivity contribution in [2.45, 2.75) is 32.4 Å². The Morgan fingerprint density at radius 2 is 2.00 bits per heavy atom. The fraction of sp³-hybridized carbons (Fsp3) is 0.353. The van der Waals surface area contributed by atoms with Crippen molar-refractivity contribution in [3.63, 3.8) is 0 Å². The van der Waals surface area contributed by atoms with Crippen molar-refractivity contribution < 1.29 is 0 Å². The smallest absolute Gasteiger partial charge is 0.103 e. The average molecular weight is 284 g/mol. The molecule has 104 valence electrons. The summed E-state index contributed by atoms with van der Waals surface area (Å²) in [6.07, 6.45) is 2.50. The van der Waals surface area contributed by atoms with E-state index in [0.717, 1.165) is 11.2 Å². The summed E-state index contributed by atoms with van der Waals surface area (Å²) in [5, 5.41) is 0. The summed E-state index contributed by atoms with van der Waals surface area (Å²) in [6.45, 7) is 4.33. The standard InChI is InChI=1S/C17H20N2S/c1-13-15(9-10-17(20)18-13)16-8-5-11-19(16)12-14-6-3-2-4-7-14/h2-4,6-7,9-10,16H,5,8,11-12H2,1H3,(H,18,20). The third-order valence-corrected chi connectivity index (χ3v) is 4.35. The highest BCUT2D eigenvalue weighted by atomic mass is 32.1. The van der Waals surface area contributed by atoms with Crippen molar-refractivity contribution in [2.75, 3.05) is 6.54 Å². The van der Waals surface area contributed by atoms with Crippen LogP contribution < -0.4 is 0 Å². The Bertz CT molecular complexity index is 633. The first-order chi connectivity index (χ1) is 9.74. The molecule has 1 fully saturated rings. The largest absolute Gasteiger partial charge is 0.350 e. The number of likely N-dealkylation sites (tertiary alicyclic amines) is 1. The van der Waals surface area contributed by atoms with E-state index in [1.165, 1.54) is 36.2 Å². The Hall–Kier alpha value is -1.45. The molecule has 1 N–H and O–H groups in total. The summed E-state index contributed by atoms with van der Waals surface area (Å²) < 4.78 is 0.818. The summed E-state index contributed by atoms with van der Waals surface area (Å²) in [6, 6.07) is 15.4. The molecule has 1 aromatic carbocycles. The van der Waals surface area contributed by atoms with Crippen molar-refractivity contribution in [1.82, 2.24) is 9.88 Å². The highest BCUT2D eigenvalue weighted by Gasteiger charge is 2.27. The van der Waals surface area contributed by atoms with E-state index in [-0.39, 0.29) is 0 Å². The first-order valence-electron chi connectivity index (χ1n) is 7.22. The highest BCUT2D eigenvalue weighted by molar-refractivity contribution is 7.71. The highest BCUT2D eigenvalue weighted by Crippen LogP contribution is 2.34. The van der Waals surface area contributed by atoms with Gasteiger partial charge < -0.3 is 4.98 Å². The number of nitrogens with one attached hydrogen (secondary N) is 1. The van der Waals surface area contributed by atoms with Crippen molar-refractivity contribution >= 4 is 12.2 Å². The lowest BCUT2D eigenvalue weighted by Gasteiger charge is -2.26. The minimum Gasteiger partial charge on any atom is -0.350 e. The maximum atomic E-state index is 5.20. The predicted molar refractivity (Wildman–Crippen MR) is 85.2 cm³/mol. The van der Waals surface area contributed by atoms with E-state index in [9.17, 15) is 0 Å². The number of aryl methyl sites for hydroxylation is 1. The molecular formula is C17H20N2S. The van der Waals surface area contributed by atoms with Gasteiger partial charge in [-0.3, -0.25) is 4.90 Å². The zero-order chi connectivity index (χ0) is 13.9. The lowest BCUT2D eigenvalue weighted by atomic mass is 10.0. The summed E-state index contributed by atoms with van der Waals surface area (Å²) in [5.41, 5.74) is 4.00. The maximum Gasteiger partial charge on any atom is 0.103 e. The van der Waals surface area contributed by atoms with Gasteiger partial charge in [-0.2, -0.15) is 0 Å². The number of pyridine rings is 1. The number of rotatable bonds is 3. The van der Waals surface area contributed by atoms with Crippen LogP contribution in [-0.2, 0) is 6.54 Å². The summed E-state index contributed by atoms with van der Waals surface area (Å²) in [5.74, 6) is 0. The van der Waals surface area contributed by atoms with Crippen LogP contribution in [0, 0.1) is 11.6 Å². The van der Waals surface area contributed by atoms with Gasteiger partial charge in [0.15, 0.2) is 0 Å². The van der Waals surface area contributed by atoms with Crippen LogP contribution in [0.2, 0.25) is 0 Å². The molecule has 1 atom stereocenters. The van der Waals surface area contributed by atoms with E-state index in [0.29, 0.717) is 6.04 Å². The fourth-order valence-electron chi connectivity index (χ4n) is 3.14. The van der Waals surface area contributed by atoms with E-state index in [1.54, 1.807) is 0 Å². The molecule has 2 heterocycles. The first kappa shape index (κ1) is 13.5. The zero-order valence-corrected chi connectivity index (χ0v) is 12.6. The topological polar surface area (TPSA) is 19.0 Å². The predicted octanol–water partition coefficient (Wildman–Crippen LogP) is 4.39. The SMILES string of the molecule is Cc1[nH]c(=S)ccc1C1CCCN1Cc1ccccc1. The Morgan fingerprint density at radius 3 is 2.75 bits per heavy atom. The van der Waals surface area contributed by atoms with Crippen LogP contribution in [0.5, 0.6) is 0 Å². The minimum atomic E-state index is 0.516. The van der Waals surface area contributed by atoms with Crippen molar-refractivity contribution in [3.05, 3.63) is 63.9 Å². The van der Waals surface area contributed by atoms with Gasteiger partial charge in [-0.15, -0.1) is 0 Å². The molecule has 3 rings (SSSR count). The van der Waals surface area contributed by atoms with Crippen LogP contribution in [0.15, 0.2) is 42.5 Å². The van der Waals surface area contributed by atoms with Gasteiger partial charge in [0.05, 0.1) is 0 Å². The molecule has 3 heteroatoms. The first-order valence-corrected chi connectivity index (χ1v) is 7.62. The molecule has 0 saturated carbocycles. The van der Waals surface area contributed by atoms with Crippen LogP contribution in [0.25, 0.3) is 0 Å². The second-order valence-electron chi connectivity index (χ2n) is 5.52. The van der Waals surface area contributed by atoms with Gasteiger partial charge in [0.2, 0.25) is 0 Å². The lowest BCUT2D eigenvalue weighted by Crippen LogP contribution is -2.23. The Balaban J connectivity index is 1.83. The molecule has 2 aromatic rings. The summed E-state index contributed by atoms with van der Waals surface area (Å²) >= 11 is 5.20. The number of H-pyrrole nitrogens is 1. The maximum absolute atomic E-state index is 5.20. The fourth-order valence-corrected chi connectivity index (χ4v) is 3.36. The molecule has 0 bridgehead atoms. The van der Waals surface area contributed by atoms with E-state index < -0.39 is 0 Å². The number of benzene rings is 1. The minimum absolute atomic E-state index is 0.516. The molecule has 1 aliphatic rings. The number of aromatic amines is 1. The number of nitrogens with zero attached hydrogens (tertiary/aromatic N) is 1. The van der Waals surface area contributed by atoms with Crippen LogP contribution >= 0.6 is 12.2 Å². The van der Waals surface area contributed by atoms with Crippen LogP contribution in [-0.4, -0.2) is 16.4 Å². The molecule has 0 spiro atoms. The van der Waals surface area contributed by atoms with Crippen molar-refractivity contribution in [2.24, 2.45) is 0 Å². The lowest BCUT2D eigenvalue weighted by molar-refractivity contribution is 0.247. The summed E-state index contributed by atoms with van der Waals surface area (Å²) in [4.78, 5) is 5.87. The number of aromatic nitrogens is 1. The van der Waals surface area contributed by atoms with Gasteiger partial charge in [0.1, 0.15) is 4.64 Å². The van der Waals surface area contributed by atoms with Gasteiger partial charge in [-0.05, 0) is 43.5 Å². The third kappa shape index (κ3) is 2.84. The van der Waals surface area contributed by atoms with Gasteiger partial charge >= 0.3 is 0 Å². The normalized spacial score (nSPS) is 19.4. The van der Waals surface area contributed by atoms with Gasteiger partial charge in [0, 0.05) is 18.3 Å². The molecule has 0 amide bonds. The Morgan fingerprint density at radius 1 is 1.20 bits per heavy atom. The summed E-state index contributed by atoms with van der Waals surface area (Å²) in [7, 11) is 0. The van der Waals surface area contributed by atoms with E-state index in [1.807, 2.05) is 6.07 Å². The van der Waals surface area contributed by atoms with Gasteiger partial charge in [-0.25, -0.2) is 0 Å². The zero-order valence-electron chi connectivity index (χ0n) is 11.8. The van der Waals surface area contributed by atoms with E-state index >= 15 is 0 Å². The number of hydrogen-bond acceptors (Lipinski definition) is 2. The van der Waals surface area contributed by atoms with Crippen LogP contribution in [0.1, 0.15) is 35.7 Å². The molecular weight excluding hydrogens is 264 g/mol. The number of hydrogen-bond donors (Lipinski definition) is 1. The Kier molecular flexibility index (Phi) is 3.99. The molecule has 1 aliphatic heterocycles. The van der Waals surface area contributed by atoms with Crippen LogP contribution in [0.3, 0.4) is 0 Å². The van der Waals surface area contributed by atoms with Crippen molar-refractivity contribution in [1.29, 1.82) is 0 Å². The molecule has 0 radical (unpaired) electrons. The quantitative estimate of drug-likeness (QED) is 0.843. The van der Waals surface area contributed by atoms with Crippen molar-refractivity contribution in [3.8, 4) is 0 Å². The third-order valence-electron chi connectivity index (χ3n) is 4.11. The second-order valence-corrected chi connectivity index (χ2v) is 5.96. The Labute approximate surface area is 125 Å². The molecule has 1 unspecified atom stereocenters. The molecule has 20 heavy (non-hydrogen) atoms. The molecule has 0 aliphatic carbocycles. The van der Waals surface area contributed by atoms with Crippen LogP contribution in [0.4, 0.5) is 0 Å². The monoisotopic (exact) mass is 284 g/mol.